The first-order chi connectivity index (χ1) is 15.1. The Hall–Kier alpha value is -2.51. The second-order valence-corrected chi connectivity index (χ2v) is 8.34. The number of benzene rings is 1. The third-order valence-corrected chi connectivity index (χ3v) is 5.35. The normalized spacial score (nSPS) is 15.3. The molecule has 0 bridgehead atoms. The standard InChI is InChI=1S/C20H33BN6O5/c1-20(2)14-4-3-13(7-15(14)21(31)32-20)27-18(29)11-26-19(30)16(24)5-6-17(28)25-10-12(8-22)9-23/h3-4,7,12,16,31H,5-6,8-11,22-24H2,1-2H3,(H,25,28)(H,26,30)(H,27,29). The molecule has 176 valence electrons. The smallest absolute Gasteiger partial charge is 0.423 e. The Kier molecular flexibility index (Phi) is 9.16. The SMILES string of the molecule is CC1(C)OB(O)c2cc(NC(=O)CNC(=O)C(N)CCC(=O)NCC(CN)CN)ccc21. The van der Waals surface area contributed by atoms with Crippen molar-refractivity contribution in [3.05, 3.63) is 23.8 Å². The van der Waals surface area contributed by atoms with Gasteiger partial charge in [-0.1, -0.05) is 6.07 Å². The lowest BCUT2D eigenvalue weighted by molar-refractivity contribution is -0.125. The molecular weight excluding hydrogens is 415 g/mol. The van der Waals surface area contributed by atoms with E-state index in [0.29, 0.717) is 30.8 Å². The molecule has 0 spiro atoms. The molecule has 0 aromatic heterocycles. The molecule has 0 saturated carbocycles. The van der Waals surface area contributed by atoms with Crippen molar-refractivity contribution in [1.82, 2.24) is 10.6 Å². The Balaban J connectivity index is 1.74. The summed E-state index contributed by atoms with van der Waals surface area (Å²) < 4.78 is 5.49. The van der Waals surface area contributed by atoms with E-state index in [2.05, 4.69) is 16.0 Å². The van der Waals surface area contributed by atoms with Gasteiger partial charge in [0.2, 0.25) is 17.7 Å². The van der Waals surface area contributed by atoms with Crippen LogP contribution in [0.15, 0.2) is 18.2 Å². The number of fused-ring (bicyclic) bond motifs is 1. The number of anilines is 1. The minimum absolute atomic E-state index is 0.00221. The first-order valence-electron chi connectivity index (χ1n) is 10.6. The average molecular weight is 448 g/mol. The van der Waals surface area contributed by atoms with Crippen molar-refractivity contribution < 1.29 is 24.1 Å². The van der Waals surface area contributed by atoms with Gasteiger partial charge >= 0.3 is 7.12 Å². The Morgan fingerprint density at radius 3 is 2.50 bits per heavy atom. The number of hydrogen-bond donors (Lipinski definition) is 7. The molecule has 0 fully saturated rings. The van der Waals surface area contributed by atoms with Crippen LogP contribution in [0.1, 0.15) is 32.3 Å². The van der Waals surface area contributed by atoms with Crippen molar-refractivity contribution in [3.63, 3.8) is 0 Å². The molecule has 1 unspecified atom stereocenters. The number of carbonyl (C=O) groups is 3. The molecule has 1 aromatic carbocycles. The Morgan fingerprint density at radius 2 is 1.84 bits per heavy atom. The first-order valence-corrected chi connectivity index (χ1v) is 10.6. The monoisotopic (exact) mass is 448 g/mol. The maximum Gasteiger partial charge on any atom is 0.492 e. The molecule has 0 aliphatic carbocycles. The summed E-state index contributed by atoms with van der Waals surface area (Å²) in [6.45, 7) is 4.53. The van der Waals surface area contributed by atoms with Crippen molar-refractivity contribution >= 4 is 36.0 Å². The van der Waals surface area contributed by atoms with Crippen molar-refractivity contribution in [3.8, 4) is 0 Å². The van der Waals surface area contributed by atoms with E-state index < -0.39 is 30.6 Å². The van der Waals surface area contributed by atoms with E-state index in [1.807, 2.05) is 13.8 Å². The summed E-state index contributed by atoms with van der Waals surface area (Å²) in [5.74, 6) is -1.23. The summed E-state index contributed by atoms with van der Waals surface area (Å²) in [5.41, 5.74) is 18.1. The summed E-state index contributed by atoms with van der Waals surface area (Å²) in [5, 5.41) is 17.9. The van der Waals surface area contributed by atoms with Crippen molar-refractivity contribution in [1.29, 1.82) is 0 Å². The second-order valence-electron chi connectivity index (χ2n) is 8.34. The molecule has 0 radical (unpaired) electrons. The molecular formula is C20H33BN6O5. The predicted molar refractivity (Wildman–Crippen MR) is 122 cm³/mol. The summed E-state index contributed by atoms with van der Waals surface area (Å²) in [6.07, 6.45) is 0.201. The number of hydrogen-bond acceptors (Lipinski definition) is 8. The number of nitrogens with two attached hydrogens (primary N) is 3. The number of amides is 3. The molecule has 1 heterocycles. The van der Waals surface area contributed by atoms with Crippen molar-refractivity contribution in [2.75, 3.05) is 31.5 Å². The molecule has 12 heteroatoms. The van der Waals surface area contributed by atoms with Gasteiger partial charge in [0.15, 0.2) is 0 Å². The highest BCUT2D eigenvalue weighted by Gasteiger charge is 2.40. The molecule has 1 aromatic rings. The lowest BCUT2D eigenvalue weighted by Crippen LogP contribution is -2.44. The van der Waals surface area contributed by atoms with Crippen LogP contribution >= 0.6 is 0 Å². The topological polar surface area (TPSA) is 195 Å². The van der Waals surface area contributed by atoms with Gasteiger partial charge in [-0.3, -0.25) is 14.4 Å². The van der Waals surface area contributed by atoms with E-state index in [-0.39, 0.29) is 31.2 Å². The Labute approximate surface area is 187 Å². The molecule has 1 aliphatic rings. The maximum atomic E-state index is 12.2. The lowest BCUT2D eigenvalue weighted by atomic mass is 9.78. The maximum absolute atomic E-state index is 12.2. The molecule has 1 aliphatic heterocycles. The van der Waals surface area contributed by atoms with Gasteiger partial charge in [-0.15, -0.1) is 0 Å². The van der Waals surface area contributed by atoms with Crippen LogP contribution in [-0.4, -0.2) is 62.1 Å². The Bertz CT molecular complexity index is 833. The molecule has 10 N–H and O–H groups in total. The van der Waals surface area contributed by atoms with E-state index in [0.717, 1.165) is 5.56 Å². The number of nitrogens with one attached hydrogen (secondary N) is 3. The lowest BCUT2D eigenvalue weighted by Gasteiger charge is -2.19. The van der Waals surface area contributed by atoms with Gasteiger partial charge < -0.3 is 42.8 Å². The van der Waals surface area contributed by atoms with Crippen LogP contribution in [0, 0.1) is 5.92 Å². The average Bonchev–Trinajstić information content (AvgIpc) is 2.98. The third kappa shape index (κ3) is 7.00. The molecule has 32 heavy (non-hydrogen) atoms. The molecule has 1 atom stereocenters. The van der Waals surface area contributed by atoms with Gasteiger partial charge in [0.05, 0.1) is 18.2 Å². The van der Waals surface area contributed by atoms with Gasteiger partial charge in [-0.05, 0) is 56.5 Å². The highest BCUT2D eigenvalue weighted by molar-refractivity contribution is 6.62. The number of carbonyl (C=O) groups excluding carboxylic acids is 3. The fraction of sp³-hybridized carbons (Fsp3) is 0.550. The predicted octanol–water partition coefficient (Wildman–Crippen LogP) is -2.55. The van der Waals surface area contributed by atoms with Crippen LogP contribution in [0.3, 0.4) is 0 Å². The zero-order valence-electron chi connectivity index (χ0n) is 18.5. The van der Waals surface area contributed by atoms with E-state index in [1.54, 1.807) is 18.2 Å². The fourth-order valence-corrected chi connectivity index (χ4v) is 3.33. The largest absolute Gasteiger partial charge is 0.492 e. The molecule has 2 rings (SSSR count). The van der Waals surface area contributed by atoms with Gasteiger partial charge in [-0.2, -0.15) is 0 Å². The first kappa shape index (κ1) is 25.8. The minimum atomic E-state index is -1.07. The van der Waals surface area contributed by atoms with Crippen LogP contribution < -0.4 is 38.6 Å². The summed E-state index contributed by atoms with van der Waals surface area (Å²) >= 11 is 0. The zero-order chi connectivity index (χ0) is 23.9. The van der Waals surface area contributed by atoms with Gasteiger partial charge in [0.1, 0.15) is 0 Å². The van der Waals surface area contributed by atoms with Gasteiger partial charge in [0.25, 0.3) is 0 Å². The van der Waals surface area contributed by atoms with Crippen LogP contribution in [0.5, 0.6) is 0 Å². The van der Waals surface area contributed by atoms with Crippen molar-refractivity contribution in [2.24, 2.45) is 23.1 Å². The molecule has 0 saturated heterocycles. The summed E-state index contributed by atoms with van der Waals surface area (Å²) in [7, 11) is -1.07. The molecule has 3 amide bonds. The van der Waals surface area contributed by atoms with Crippen LogP contribution in [0.25, 0.3) is 0 Å². The Morgan fingerprint density at radius 1 is 1.16 bits per heavy atom. The van der Waals surface area contributed by atoms with Gasteiger partial charge in [0, 0.05) is 24.6 Å². The highest BCUT2D eigenvalue weighted by Crippen LogP contribution is 2.30. The van der Waals surface area contributed by atoms with E-state index in [4.69, 9.17) is 21.9 Å². The van der Waals surface area contributed by atoms with Crippen LogP contribution in [0.2, 0.25) is 0 Å². The number of rotatable bonds is 11. The molecule has 11 nitrogen and oxygen atoms in total. The second kappa shape index (κ2) is 11.4. The van der Waals surface area contributed by atoms with E-state index >= 15 is 0 Å². The van der Waals surface area contributed by atoms with E-state index in [9.17, 15) is 19.4 Å². The quantitative estimate of drug-likeness (QED) is 0.180. The minimum Gasteiger partial charge on any atom is -0.423 e. The van der Waals surface area contributed by atoms with Crippen LogP contribution in [-0.2, 0) is 24.6 Å². The fourth-order valence-electron chi connectivity index (χ4n) is 3.33. The van der Waals surface area contributed by atoms with Crippen molar-refractivity contribution in [2.45, 2.75) is 38.3 Å². The highest BCUT2D eigenvalue weighted by atomic mass is 16.5. The third-order valence-electron chi connectivity index (χ3n) is 5.35. The van der Waals surface area contributed by atoms with E-state index in [1.165, 1.54) is 0 Å². The summed E-state index contributed by atoms with van der Waals surface area (Å²) in [6, 6.07) is 4.19. The zero-order valence-corrected chi connectivity index (χ0v) is 18.5. The summed E-state index contributed by atoms with van der Waals surface area (Å²) in [4.78, 5) is 36.1. The van der Waals surface area contributed by atoms with Gasteiger partial charge in [-0.25, -0.2) is 0 Å². The van der Waals surface area contributed by atoms with Crippen LogP contribution in [0.4, 0.5) is 5.69 Å².